The Bertz CT molecular complexity index is 557. The lowest BCUT2D eigenvalue weighted by Crippen LogP contribution is -2.45. The van der Waals surface area contributed by atoms with Gasteiger partial charge in [0.1, 0.15) is 0 Å². The van der Waals surface area contributed by atoms with E-state index in [1.807, 2.05) is 31.3 Å². The molecule has 0 aliphatic carbocycles. The lowest BCUT2D eigenvalue weighted by molar-refractivity contribution is 0.268. The number of hydrogen-bond donors (Lipinski definition) is 2. The molecule has 0 spiro atoms. The van der Waals surface area contributed by atoms with Gasteiger partial charge in [-0.2, -0.15) is 17.4 Å². The van der Waals surface area contributed by atoms with Gasteiger partial charge in [-0.1, -0.05) is 34.1 Å². The molecule has 0 bridgehead atoms. The maximum atomic E-state index is 12.3. The van der Waals surface area contributed by atoms with Gasteiger partial charge in [0.25, 0.3) is 10.2 Å². The molecule has 5 nitrogen and oxygen atoms in total. The number of piperidine rings is 1. The summed E-state index contributed by atoms with van der Waals surface area (Å²) in [6.45, 7) is 2.45. The molecule has 0 amide bonds. The highest BCUT2D eigenvalue weighted by molar-refractivity contribution is 9.10. The SMILES string of the molecule is CNCC1CCN(S(=O)(=O)NCc2ccccc2Br)CC1. The first kappa shape index (κ1) is 16.9. The number of benzene rings is 1. The van der Waals surface area contributed by atoms with E-state index in [4.69, 9.17) is 0 Å². The molecule has 0 unspecified atom stereocenters. The number of nitrogens with one attached hydrogen (secondary N) is 2. The Morgan fingerprint density at radius 2 is 1.95 bits per heavy atom. The maximum absolute atomic E-state index is 12.3. The summed E-state index contributed by atoms with van der Waals surface area (Å²) in [4.78, 5) is 0. The summed E-state index contributed by atoms with van der Waals surface area (Å²) >= 11 is 3.43. The van der Waals surface area contributed by atoms with Crippen molar-refractivity contribution in [2.24, 2.45) is 5.92 Å². The van der Waals surface area contributed by atoms with Crippen LogP contribution in [0.15, 0.2) is 28.7 Å². The van der Waals surface area contributed by atoms with Gasteiger partial charge in [0.15, 0.2) is 0 Å². The van der Waals surface area contributed by atoms with Crippen LogP contribution in [0.25, 0.3) is 0 Å². The van der Waals surface area contributed by atoms with Crippen molar-refractivity contribution in [1.29, 1.82) is 0 Å². The fraction of sp³-hybridized carbons (Fsp3) is 0.571. The Kier molecular flexibility index (Phi) is 6.19. The smallest absolute Gasteiger partial charge is 0.279 e. The molecule has 2 N–H and O–H groups in total. The predicted octanol–water partition coefficient (Wildman–Crippen LogP) is 1.71. The van der Waals surface area contributed by atoms with E-state index in [2.05, 4.69) is 26.0 Å². The van der Waals surface area contributed by atoms with Crippen molar-refractivity contribution in [3.63, 3.8) is 0 Å². The fourth-order valence-corrected chi connectivity index (χ4v) is 4.18. The van der Waals surface area contributed by atoms with E-state index in [1.54, 1.807) is 4.31 Å². The lowest BCUT2D eigenvalue weighted by atomic mass is 9.98. The van der Waals surface area contributed by atoms with Gasteiger partial charge in [0.2, 0.25) is 0 Å². The zero-order valence-electron chi connectivity index (χ0n) is 12.2. The van der Waals surface area contributed by atoms with Gasteiger partial charge >= 0.3 is 0 Å². The van der Waals surface area contributed by atoms with Crippen molar-refractivity contribution in [3.05, 3.63) is 34.3 Å². The van der Waals surface area contributed by atoms with Gasteiger partial charge in [-0.05, 0) is 44.0 Å². The van der Waals surface area contributed by atoms with E-state index in [-0.39, 0.29) is 0 Å². The van der Waals surface area contributed by atoms with Crippen LogP contribution in [0.5, 0.6) is 0 Å². The van der Waals surface area contributed by atoms with Crippen molar-refractivity contribution < 1.29 is 8.42 Å². The standard InChI is InChI=1S/C14H22BrN3O2S/c1-16-10-12-6-8-18(9-7-12)21(19,20)17-11-13-4-2-3-5-14(13)15/h2-5,12,16-17H,6-11H2,1H3. The molecule has 7 heteroatoms. The minimum absolute atomic E-state index is 0.306. The van der Waals surface area contributed by atoms with Crippen molar-refractivity contribution in [3.8, 4) is 0 Å². The largest absolute Gasteiger partial charge is 0.319 e. The summed E-state index contributed by atoms with van der Waals surface area (Å²) in [5, 5.41) is 3.16. The van der Waals surface area contributed by atoms with Gasteiger partial charge in [-0.15, -0.1) is 0 Å². The van der Waals surface area contributed by atoms with Crippen molar-refractivity contribution in [2.75, 3.05) is 26.7 Å². The van der Waals surface area contributed by atoms with Crippen molar-refractivity contribution in [2.45, 2.75) is 19.4 Å². The molecule has 2 rings (SSSR count). The van der Waals surface area contributed by atoms with Crippen LogP contribution >= 0.6 is 15.9 Å². The predicted molar refractivity (Wildman–Crippen MR) is 88.1 cm³/mol. The number of halogens is 1. The number of hydrogen-bond acceptors (Lipinski definition) is 3. The molecule has 0 radical (unpaired) electrons. The molecular formula is C14H22BrN3O2S. The van der Waals surface area contributed by atoms with E-state index < -0.39 is 10.2 Å². The van der Waals surface area contributed by atoms with Crippen LogP contribution < -0.4 is 10.0 Å². The third kappa shape index (κ3) is 4.75. The fourth-order valence-electron chi connectivity index (χ4n) is 2.54. The average Bonchev–Trinajstić information content (AvgIpc) is 2.47. The van der Waals surface area contributed by atoms with E-state index in [1.165, 1.54) is 0 Å². The molecular weight excluding hydrogens is 354 g/mol. The molecule has 0 atom stereocenters. The van der Waals surface area contributed by atoms with Crippen LogP contribution in [0.3, 0.4) is 0 Å². The van der Waals surface area contributed by atoms with E-state index >= 15 is 0 Å². The van der Waals surface area contributed by atoms with Crippen molar-refractivity contribution in [1.82, 2.24) is 14.3 Å². The second kappa shape index (κ2) is 7.69. The van der Waals surface area contributed by atoms with Gasteiger partial charge in [-0.25, -0.2) is 0 Å². The highest BCUT2D eigenvalue weighted by atomic mass is 79.9. The quantitative estimate of drug-likeness (QED) is 0.795. The first-order chi connectivity index (χ1) is 10.0. The van der Waals surface area contributed by atoms with Gasteiger partial charge < -0.3 is 5.32 Å². The molecule has 21 heavy (non-hydrogen) atoms. The summed E-state index contributed by atoms with van der Waals surface area (Å²) in [6.07, 6.45) is 1.83. The number of rotatable bonds is 6. The summed E-state index contributed by atoms with van der Waals surface area (Å²) in [5.74, 6) is 0.574. The van der Waals surface area contributed by atoms with E-state index in [0.717, 1.165) is 29.4 Å². The molecule has 1 saturated heterocycles. The van der Waals surface area contributed by atoms with E-state index in [0.29, 0.717) is 25.6 Å². The molecule has 1 aliphatic rings. The van der Waals surface area contributed by atoms with Gasteiger partial charge in [0, 0.05) is 24.1 Å². The highest BCUT2D eigenvalue weighted by Crippen LogP contribution is 2.19. The Morgan fingerprint density at radius 3 is 2.57 bits per heavy atom. The molecule has 1 aliphatic heterocycles. The Morgan fingerprint density at radius 1 is 1.29 bits per heavy atom. The Balaban J connectivity index is 1.89. The zero-order valence-corrected chi connectivity index (χ0v) is 14.6. The Labute approximate surface area is 135 Å². The van der Waals surface area contributed by atoms with Crippen molar-refractivity contribution >= 4 is 26.1 Å². The maximum Gasteiger partial charge on any atom is 0.279 e. The third-order valence-corrected chi connectivity index (χ3v) is 6.14. The van der Waals surface area contributed by atoms with Crippen LogP contribution in [0, 0.1) is 5.92 Å². The molecule has 1 fully saturated rings. The summed E-state index contributed by atoms with van der Waals surface area (Å²) in [6, 6.07) is 7.63. The number of nitrogens with zero attached hydrogens (tertiary/aromatic N) is 1. The Hall–Kier alpha value is -0.470. The second-order valence-electron chi connectivity index (χ2n) is 5.32. The topological polar surface area (TPSA) is 61.4 Å². The normalized spacial score (nSPS) is 18.0. The van der Waals surface area contributed by atoms with E-state index in [9.17, 15) is 8.42 Å². The van der Waals surface area contributed by atoms with Gasteiger partial charge in [-0.3, -0.25) is 0 Å². The molecule has 0 aromatic heterocycles. The van der Waals surface area contributed by atoms with Crippen LogP contribution in [0.1, 0.15) is 18.4 Å². The summed E-state index contributed by atoms with van der Waals surface area (Å²) < 4.78 is 29.8. The van der Waals surface area contributed by atoms with Gasteiger partial charge in [0.05, 0.1) is 0 Å². The molecule has 1 aromatic carbocycles. The second-order valence-corrected chi connectivity index (χ2v) is 7.93. The van der Waals surface area contributed by atoms with Crippen LogP contribution in [0.2, 0.25) is 0 Å². The first-order valence-electron chi connectivity index (χ1n) is 7.15. The summed E-state index contributed by atoms with van der Waals surface area (Å²) in [7, 11) is -1.46. The molecule has 0 saturated carbocycles. The van der Waals surface area contributed by atoms with Crippen LogP contribution in [0.4, 0.5) is 0 Å². The third-order valence-electron chi connectivity index (χ3n) is 3.81. The lowest BCUT2D eigenvalue weighted by Gasteiger charge is -2.31. The molecule has 1 aromatic rings. The minimum Gasteiger partial charge on any atom is -0.319 e. The summed E-state index contributed by atoms with van der Waals surface area (Å²) in [5.41, 5.74) is 0.936. The van der Waals surface area contributed by atoms with Crippen LogP contribution in [-0.2, 0) is 16.8 Å². The monoisotopic (exact) mass is 375 g/mol. The van der Waals surface area contributed by atoms with Crippen LogP contribution in [-0.4, -0.2) is 39.4 Å². The minimum atomic E-state index is -3.39. The molecule has 118 valence electrons. The zero-order chi connectivity index (χ0) is 15.3. The molecule has 1 heterocycles. The first-order valence-corrected chi connectivity index (χ1v) is 9.39. The highest BCUT2D eigenvalue weighted by Gasteiger charge is 2.27. The average molecular weight is 376 g/mol.